The first kappa shape index (κ1) is 12.9. The molecule has 1 atom stereocenters. The summed E-state index contributed by atoms with van der Waals surface area (Å²) >= 11 is 0. The van der Waals surface area contributed by atoms with Gasteiger partial charge in [0.1, 0.15) is 0 Å². The van der Waals surface area contributed by atoms with Crippen molar-refractivity contribution < 1.29 is 9.90 Å². The fraction of sp³-hybridized carbons (Fsp3) is 0.533. The molecule has 1 unspecified atom stereocenters. The number of hydrogen-bond donors (Lipinski definition) is 1. The van der Waals surface area contributed by atoms with Crippen molar-refractivity contribution in [3.8, 4) is 0 Å². The molecule has 1 saturated heterocycles. The molecule has 1 aliphatic rings. The lowest BCUT2D eigenvalue weighted by Gasteiger charge is -2.19. The van der Waals surface area contributed by atoms with Crippen molar-refractivity contribution in [2.75, 3.05) is 18.0 Å². The molecule has 1 aliphatic heterocycles. The van der Waals surface area contributed by atoms with Gasteiger partial charge in [-0.1, -0.05) is 19.1 Å². The van der Waals surface area contributed by atoms with E-state index in [9.17, 15) is 4.79 Å². The van der Waals surface area contributed by atoms with Crippen molar-refractivity contribution in [1.82, 2.24) is 0 Å². The second-order valence-corrected chi connectivity index (χ2v) is 5.05. The summed E-state index contributed by atoms with van der Waals surface area (Å²) in [5.74, 6) is -0.146. The van der Waals surface area contributed by atoms with Crippen LogP contribution in [0.5, 0.6) is 0 Å². The van der Waals surface area contributed by atoms with Crippen molar-refractivity contribution >= 4 is 11.7 Å². The number of benzene rings is 1. The molecule has 0 aliphatic carbocycles. The van der Waals surface area contributed by atoms with Crippen LogP contribution >= 0.6 is 0 Å². The van der Waals surface area contributed by atoms with Gasteiger partial charge in [0.2, 0.25) is 0 Å². The van der Waals surface area contributed by atoms with E-state index in [0.717, 1.165) is 32.4 Å². The number of anilines is 1. The largest absolute Gasteiger partial charge is 0.481 e. The van der Waals surface area contributed by atoms with Crippen molar-refractivity contribution in [3.05, 3.63) is 29.8 Å². The van der Waals surface area contributed by atoms with Crippen LogP contribution in [0, 0.1) is 5.92 Å². The van der Waals surface area contributed by atoms with Crippen LogP contribution in [-0.4, -0.2) is 24.2 Å². The van der Waals surface area contributed by atoms with E-state index in [1.54, 1.807) is 0 Å². The third-order valence-electron chi connectivity index (χ3n) is 3.76. The van der Waals surface area contributed by atoms with Crippen LogP contribution in [0.15, 0.2) is 24.3 Å². The van der Waals surface area contributed by atoms with Gasteiger partial charge in [-0.3, -0.25) is 4.79 Å². The van der Waals surface area contributed by atoms with Gasteiger partial charge in [-0.15, -0.1) is 0 Å². The Balaban J connectivity index is 1.89. The van der Waals surface area contributed by atoms with Gasteiger partial charge in [-0.05, 0) is 42.9 Å². The molecule has 1 aromatic rings. The second-order valence-electron chi connectivity index (χ2n) is 5.05. The lowest BCUT2D eigenvalue weighted by atomic mass is 10.0. The number of rotatable bonds is 5. The van der Waals surface area contributed by atoms with Crippen LogP contribution in [0.3, 0.4) is 0 Å². The normalized spacial score (nSPS) is 19.2. The highest BCUT2D eigenvalue weighted by molar-refractivity contribution is 5.66. The zero-order valence-corrected chi connectivity index (χ0v) is 10.9. The Labute approximate surface area is 108 Å². The molecule has 3 nitrogen and oxygen atoms in total. The maximum atomic E-state index is 10.6. The maximum Gasteiger partial charge on any atom is 0.303 e. The molecule has 0 bridgehead atoms. The Morgan fingerprint density at radius 2 is 2.11 bits per heavy atom. The predicted molar refractivity (Wildman–Crippen MR) is 73.0 cm³/mol. The number of carboxylic acids is 1. The van der Waals surface area contributed by atoms with Gasteiger partial charge in [0.05, 0.1) is 0 Å². The second kappa shape index (κ2) is 5.89. The lowest BCUT2D eigenvalue weighted by molar-refractivity contribution is -0.137. The number of aryl methyl sites for hydroxylation is 1. The average molecular weight is 247 g/mol. The van der Waals surface area contributed by atoms with Crippen LogP contribution in [-0.2, 0) is 11.2 Å². The molecular formula is C15H21NO2. The fourth-order valence-electron chi connectivity index (χ4n) is 2.57. The number of nitrogens with zero attached hydrogens (tertiary/aromatic N) is 1. The van der Waals surface area contributed by atoms with Crippen LogP contribution < -0.4 is 4.90 Å². The molecular weight excluding hydrogens is 226 g/mol. The minimum absolute atomic E-state index is 0.299. The first-order chi connectivity index (χ1) is 8.69. The first-order valence-corrected chi connectivity index (χ1v) is 6.74. The fourth-order valence-corrected chi connectivity index (χ4v) is 2.57. The van der Waals surface area contributed by atoms with Crippen molar-refractivity contribution in [3.63, 3.8) is 0 Å². The van der Waals surface area contributed by atoms with Crippen LogP contribution in [0.4, 0.5) is 5.69 Å². The van der Waals surface area contributed by atoms with E-state index in [-0.39, 0.29) is 0 Å². The van der Waals surface area contributed by atoms with Crippen molar-refractivity contribution in [1.29, 1.82) is 0 Å². The number of carbonyl (C=O) groups is 1. The van der Waals surface area contributed by atoms with E-state index in [1.165, 1.54) is 11.3 Å². The highest BCUT2D eigenvalue weighted by Crippen LogP contribution is 2.26. The van der Waals surface area contributed by atoms with E-state index in [0.29, 0.717) is 12.3 Å². The molecule has 1 fully saturated rings. The van der Waals surface area contributed by atoms with Gasteiger partial charge in [0.25, 0.3) is 0 Å². The minimum Gasteiger partial charge on any atom is -0.481 e. The van der Waals surface area contributed by atoms with Crippen LogP contribution in [0.2, 0.25) is 0 Å². The summed E-state index contributed by atoms with van der Waals surface area (Å²) in [6, 6.07) is 8.72. The maximum absolute atomic E-state index is 10.6. The van der Waals surface area contributed by atoms with Gasteiger partial charge >= 0.3 is 5.97 Å². The predicted octanol–water partition coefficient (Wildman–Crippen LogP) is 2.94. The minimum atomic E-state index is -0.680. The molecule has 1 heterocycles. The zero-order chi connectivity index (χ0) is 13.0. The standard InChI is InChI=1S/C15H21NO2/c1-2-12-3-6-14(7-4-12)16-10-9-13(11-16)5-8-15(17)18/h3-4,6-7,13H,2,5,8-11H2,1H3,(H,17,18). The Kier molecular flexibility index (Phi) is 4.24. The molecule has 0 radical (unpaired) electrons. The molecule has 2 rings (SSSR count). The average Bonchev–Trinajstić information content (AvgIpc) is 2.85. The van der Waals surface area contributed by atoms with E-state index < -0.39 is 5.97 Å². The van der Waals surface area contributed by atoms with E-state index in [1.807, 2.05) is 0 Å². The number of hydrogen-bond acceptors (Lipinski definition) is 2. The summed E-state index contributed by atoms with van der Waals surface area (Å²) in [6.07, 6.45) is 3.29. The molecule has 0 saturated carbocycles. The third-order valence-corrected chi connectivity index (χ3v) is 3.76. The number of carboxylic acid groups (broad SMARTS) is 1. The topological polar surface area (TPSA) is 40.5 Å². The Hall–Kier alpha value is -1.51. The van der Waals surface area contributed by atoms with Crippen molar-refractivity contribution in [2.24, 2.45) is 5.92 Å². The Morgan fingerprint density at radius 1 is 1.39 bits per heavy atom. The van der Waals surface area contributed by atoms with Gasteiger partial charge in [0, 0.05) is 25.2 Å². The molecule has 1 aromatic carbocycles. The molecule has 1 N–H and O–H groups in total. The Bertz CT molecular complexity index is 399. The summed E-state index contributed by atoms with van der Waals surface area (Å²) in [5, 5.41) is 8.70. The van der Waals surface area contributed by atoms with Gasteiger partial charge in [-0.25, -0.2) is 0 Å². The van der Waals surface area contributed by atoms with Gasteiger partial charge in [0.15, 0.2) is 0 Å². The third kappa shape index (κ3) is 3.25. The Morgan fingerprint density at radius 3 is 2.72 bits per heavy atom. The SMILES string of the molecule is CCc1ccc(N2CCC(CCC(=O)O)C2)cc1. The number of aliphatic carboxylic acids is 1. The summed E-state index contributed by atoms with van der Waals surface area (Å²) in [7, 11) is 0. The van der Waals surface area contributed by atoms with Crippen molar-refractivity contribution in [2.45, 2.75) is 32.6 Å². The zero-order valence-electron chi connectivity index (χ0n) is 10.9. The molecule has 98 valence electrons. The lowest BCUT2D eigenvalue weighted by Crippen LogP contribution is -2.19. The highest BCUT2D eigenvalue weighted by Gasteiger charge is 2.22. The van der Waals surface area contributed by atoms with Crippen LogP contribution in [0.1, 0.15) is 31.7 Å². The molecule has 3 heteroatoms. The van der Waals surface area contributed by atoms with Gasteiger partial charge in [-0.2, -0.15) is 0 Å². The first-order valence-electron chi connectivity index (χ1n) is 6.74. The summed E-state index contributed by atoms with van der Waals surface area (Å²) in [6.45, 7) is 4.21. The van der Waals surface area contributed by atoms with E-state index in [4.69, 9.17) is 5.11 Å². The molecule has 0 spiro atoms. The molecule has 18 heavy (non-hydrogen) atoms. The van der Waals surface area contributed by atoms with Gasteiger partial charge < -0.3 is 10.0 Å². The van der Waals surface area contributed by atoms with Crippen LogP contribution in [0.25, 0.3) is 0 Å². The molecule has 0 aromatic heterocycles. The monoisotopic (exact) mass is 247 g/mol. The quantitative estimate of drug-likeness (QED) is 0.869. The van der Waals surface area contributed by atoms with E-state index >= 15 is 0 Å². The van der Waals surface area contributed by atoms with E-state index in [2.05, 4.69) is 36.1 Å². The molecule has 0 amide bonds. The highest BCUT2D eigenvalue weighted by atomic mass is 16.4. The summed E-state index contributed by atoms with van der Waals surface area (Å²) in [5.41, 5.74) is 2.63. The summed E-state index contributed by atoms with van der Waals surface area (Å²) < 4.78 is 0. The smallest absolute Gasteiger partial charge is 0.303 e. The summed E-state index contributed by atoms with van der Waals surface area (Å²) in [4.78, 5) is 12.9.